The Morgan fingerprint density at radius 2 is 0.420 bits per heavy atom. The maximum Gasteiger partial charge on any atom is 0.187 e. The number of nitrogens with zero attached hydrogens (tertiary/aromatic N) is 1. The van der Waals surface area contributed by atoms with E-state index in [2.05, 4.69) is 10.6 Å². The fraction of sp³-hybridized carbons (Fsp3) is 1.00. The van der Waals surface area contributed by atoms with Gasteiger partial charge >= 0.3 is 0 Å². The maximum absolute atomic E-state index is 12.0. The average molecular weight is 1290 g/mol. The summed E-state index contributed by atoms with van der Waals surface area (Å²) in [5, 5.41) is 232. The van der Waals surface area contributed by atoms with Crippen LogP contribution < -0.4 is 10.6 Å². The third-order valence-electron chi connectivity index (χ3n) is 17.4. The van der Waals surface area contributed by atoms with Gasteiger partial charge in [-0.1, -0.05) is 0 Å². The van der Waals surface area contributed by atoms with E-state index < -0.39 is 255 Å². The summed E-state index contributed by atoms with van der Waals surface area (Å²) in [7, 11) is 0. The minimum absolute atomic E-state index is 0.102. The van der Waals surface area contributed by atoms with Gasteiger partial charge in [0.1, 0.15) is 171 Å². The summed E-state index contributed by atoms with van der Waals surface area (Å²) >= 11 is 0. The SMILES string of the molecule is OC[C@H]1O[C@@H]2O[C@H]3[C@H](O)[C@@H](O)[C@@H](O[C@H]4[C@H](O)[C@@H](O)[C@@H](O[C@H]5[C@H](O)[C@@H](O)[C@@H](O[C@H]6[C@H](O)[C@@H](O)[C@@H](O[C@H]7[C@H](O)[C@@H](O)[C@@H](O[C@H]8[C@H](O)[C@@H](O)[C@@H](O[C@H]1[C@H](O)[C@H]2O)O[C@@H]8CO)O[C@@H]7CO)O[C@@H]6CO)O[C@@H]5CN1CCCNCCCNCCC1)O[C@@H]4CO)O[C@@H]3CO. The van der Waals surface area contributed by atoms with Gasteiger partial charge in [0.15, 0.2) is 44.0 Å². The van der Waals surface area contributed by atoms with E-state index in [0.29, 0.717) is 39.0 Å². The zero-order chi connectivity index (χ0) is 63.4. The van der Waals surface area contributed by atoms with E-state index in [9.17, 15) is 102 Å². The van der Waals surface area contributed by atoms with Crippen molar-refractivity contribution in [1.82, 2.24) is 15.5 Å². The molecule has 14 bridgehead atoms. The Morgan fingerprint density at radius 3 is 0.625 bits per heavy atom. The van der Waals surface area contributed by atoms with Gasteiger partial charge in [0.05, 0.1) is 39.6 Å². The molecule has 0 aromatic carbocycles. The highest BCUT2D eigenvalue weighted by Gasteiger charge is 2.60. The fourth-order valence-corrected chi connectivity index (χ4v) is 12.4. The Morgan fingerprint density at radius 1 is 0.239 bits per heavy atom. The van der Waals surface area contributed by atoms with Crippen LogP contribution in [0, 0.1) is 0 Å². The topological polar surface area (TPSA) is 561 Å². The number of nitrogens with one attached hydrogen (secondary N) is 2. The van der Waals surface area contributed by atoms with Crippen molar-refractivity contribution < 1.29 is 168 Å². The molecule has 0 saturated carbocycles. The van der Waals surface area contributed by atoms with Gasteiger partial charge in [-0.15, -0.1) is 0 Å². The summed E-state index contributed by atoms with van der Waals surface area (Å²) in [6.07, 6.45) is -66.8. The normalized spacial score (nSPS) is 52.0. The number of rotatable bonds is 8. The Hall–Kier alpha value is -1.48. The first-order chi connectivity index (χ1) is 42.2. The first-order valence-corrected chi connectivity index (χ1v) is 29.7. The molecule has 37 heteroatoms. The van der Waals surface area contributed by atoms with Gasteiger partial charge in [-0.05, 0) is 58.5 Å². The van der Waals surface area contributed by atoms with Crippen LogP contribution in [0.5, 0.6) is 0 Å². The van der Waals surface area contributed by atoms with Crippen LogP contribution in [-0.2, 0) is 66.3 Å². The molecule has 0 aromatic heterocycles. The van der Waals surface area contributed by atoms with Crippen molar-refractivity contribution in [3.05, 3.63) is 0 Å². The van der Waals surface area contributed by atoms with E-state index in [0.717, 1.165) is 19.5 Å². The van der Waals surface area contributed by atoms with Crippen molar-refractivity contribution in [1.29, 1.82) is 0 Å². The summed E-state index contributed by atoms with van der Waals surface area (Å²) < 4.78 is 82.3. The second-order valence-electron chi connectivity index (χ2n) is 23.3. The summed E-state index contributed by atoms with van der Waals surface area (Å²) in [6, 6.07) is 0. The minimum Gasteiger partial charge on any atom is -0.394 e. The first kappa shape index (κ1) is 70.8. The second-order valence-corrected chi connectivity index (χ2v) is 23.3. The molecule has 0 spiro atoms. The smallest absolute Gasteiger partial charge is 0.187 e. The molecule has 22 aliphatic heterocycles. The molecule has 512 valence electrons. The lowest BCUT2D eigenvalue weighted by Gasteiger charge is -2.50. The summed E-state index contributed by atoms with van der Waals surface area (Å²) in [4.78, 5) is 1.95. The molecule has 35 atom stereocenters. The van der Waals surface area contributed by atoms with E-state index >= 15 is 0 Å². The summed E-state index contributed by atoms with van der Waals surface area (Å²) in [5.74, 6) is 0. The van der Waals surface area contributed by atoms with Gasteiger partial charge < -0.3 is 184 Å². The average Bonchev–Trinajstić information content (AvgIpc) is 1.38. The molecule has 22 aliphatic rings. The molecule has 0 amide bonds. The third kappa shape index (κ3) is 15.3. The van der Waals surface area contributed by atoms with Gasteiger partial charge in [0, 0.05) is 6.54 Å². The predicted molar refractivity (Wildman–Crippen MR) is 277 cm³/mol. The molecule has 0 unspecified atom stereocenters. The minimum atomic E-state index is -2.20. The molecule has 0 aromatic rings. The number of aliphatic hydroxyl groups excluding tert-OH is 20. The molecule has 37 nitrogen and oxygen atoms in total. The molecule has 22 saturated heterocycles. The highest BCUT2D eigenvalue weighted by molar-refractivity contribution is 5.02. The van der Waals surface area contributed by atoms with E-state index in [1.165, 1.54) is 0 Å². The van der Waals surface area contributed by atoms with Gasteiger partial charge in [0.2, 0.25) is 0 Å². The van der Waals surface area contributed by atoms with Gasteiger partial charge in [-0.25, -0.2) is 0 Å². The van der Waals surface area contributed by atoms with E-state index in [1.807, 2.05) is 4.90 Å². The van der Waals surface area contributed by atoms with Crippen molar-refractivity contribution in [2.45, 2.75) is 234 Å². The van der Waals surface area contributed by atoms with Gasteiger partial charge in [-0.2, -0.15) is 0 Å². The van der Waals surface area contributed by atoms with Crippen LogP contribution in [0.3, 0.4) is 0 Å². The quantitative estimate of drug-likeness (QED) is 0.107. The van der Waals surface area contributed by atoms with E-state index in [4.69, 9.17) is 66.3 Å². The molecule has 22 N–H and O–H groups in total. The molecule has 22 heterocycles. The number of hydrogen-bond donors (Lipinski definition) is 22. The molecule has 22 fully saturated rings. The molecular weight excluding hydrogens is 1200 g/mol. The summed E-state index contributed by atoms with van der Waals surface area (Å²) in [5.41, 5.74) is 0. The first-order valence-electron chi connectivity index (χ1n) is 29.7. The van der Waals surface area contributed by atoms with Crippen LogP contribution in [0.2, 0.25) is 0 Å². The lowest BCUT2D eigenvalue weighted by Crippen LogP contribution is -2.68. The van der Waals surface area contributed by atoms with Crippen LogP contribution in [-0.4, -0.2) is 407 Å². The largest absolute Gasteiger partial charge is 0.394 e. The second kappa shape index (κ2) is 31.8. The van der Waals surface area contributed by atoms with E-state index in [-0.39, 0.29) is 6.54 Å². The van der Waals surface area contributed by atoms with Crippen LogP contribution >= 0.6 is 0 Å². The van der Waals surface area contributed by atoms with Crippen LogP contribution in [0.4, 0.5) is 0 Å². The monoisotopic (exact) mass is 1290 g/mol. The van der Waals surface area contributed by atoms with E-state index in [1.54, 1.807) is 0 Å². The zero-order valence-electron chi connectivity index (χ0n) is 47.6. The fourth-order valence-electron chi connectivity index (χ4n) is 12.4. The van der Waals surface area contributed by atoms with Crippen molar-refractivity contribution in [3.63, 3.8) is 0 Å². The predicted octanol–water partition coefficient (Wildman–Crippen LogP) is -14.6. The number of hydrogen-bond acceptors (Lipinski definition) is 37. The lowest BCUT2D eigenvalue weighted by atomic mass is 9.95. The lowest BCUT2D eigenvalue weighted by molar-refractivity contribution is -0.396. The van der Waals surface area contributed by atoms with Crippen LogP contribution in [0.1, 0.15) is 19.3 Å². The van der Waals surface area contributed by atoms with Crippen LogP contribution in [0.25, 0.3) is 0 Å². The highest BCUT2D eigenvalue weighted by Crippen LogP contribution is 2.39. The highest BCUT2D eigenvalue weighted by atomic mass is 16.8. The Kier molecular flexibility index (Phi) is 25.6. The molecule has 0 aliphatic carbocycles. The van der Waals surface area contributed by atoms with Crippen LogP contribution in [0.15, 0.2) is 0 Å². The molecule has 22 rings (SSSR count). The third-order valence-corrected chi connectivity index (χ3v) is 17.4. The molecule has 88 heavy (non-hydrogen) atoms. The zero-order valence-corrected chi connectivity index (χ0v) is 47.6. The van der Waals surface area contributed by atoms with Gasteiger partial charge in [-0.3, -0.25) is 0 Å². The Labute approximate surface area is 502 Å². The van der Waals surface area contributed by atoms with Crippen molar-refractivity contribution in [2.75, 3.05) is 85.5 Å². The van der Waals surface area contributed by atoms with Crippen molar-refractivity contribution in [3.8, 4) is 0 Å². The Balaban J connectivity index is 1.02. The maximum atomic E-state index is 12.0. The molecule has 0 radical (unpaired) electrons. The summed E-state index contributed by atoms with van der Waals surface area (Å²) in [6.45, 7) is -2.66. The number of aliphatic hydroxyl groups is 20. The standard InChI is InChI=1S/C51H89N3O34/c55-11-18-39-26(63)33(70)47(77-18)85-41-20(13-57)79-49(35(72)28(41)65)87-43-22(15-59)81-51(37(74)30(43)67)88-44-23(16-60)80-50(36(73)29(44)66)86-42-21(14-58)78-48(34(71)27(42)64)84-40-19(12-56)76-46(32(69)25(40)62)82-38-17(75-45(83-39)31(68)24(38)61)10-54-8-2-6-52-4-1-5-53-7-3-9-54/h17-53,55-74H,1-16H2/t17-,18-,19-,20-,21-,22-,23-,24-,25-,26-,27-,28-,29-,30-,31-,32-,33-,34-,35-,36-,37-,38-,39-,40-,41-,42-,43-,44-,45-,46-,47-,48-,49-,50-,51-/m1/s1. The number of ether oxygens (including phenoxy) is 14. The Bertz CT molecular complexity index is 2070. The molecular formula is C51H89N3O34. The van der Waals surface area contributed by atoms with Gasteiger partial charge in [0.25, 0.3) is 0 Å². The van der Waals surface area contributed by atoms with Crippen molar-refractivity contribution >= 4 is 0 Å². The van der Waals surface area contributed by atoms with Crippen molar-refractivity contribution in [2.24, 2.45) is 0 Å².